The molecule has 2 amide bonds. The molecule has 0 N–H and O–H groups in total. The van der Waals surface area contributed by atoms with Crippen molar-refractivity contribution in [1.82, 2.24) is 9.80 Å². The molecule has 2 heterocycles. The zero-order valence-electron chi connectivity index (χ0n) is 19.1. The lowest BCUT2D eigenvalue weighted by Gasteiger charge is -2.35. The van der Waals surface area contributed by atoms with E-state index in [2.05, 4.69) is 0 Å². The van der Waals surface area contributed by atoms with Crippen LogP contribution in [0.25, 0.3) is 0 Å². The normalized spacial score (nSPS) is 26.0. The maximum Gasteiger partial charge on any atom is 0.339 e. The Balaban J connectivity index is 1.54. The monoisotopic (exact) mass is 464 g/mol. The van der Waals surface area contributed by atoms with E-state index in [4.69, 9.17) is 14.2 Å². The number of carbonyl (C=O) groups is 3. The SMILES string of the molecule is CC1CN(C(=O)COC(=O)c2ccccc2SCC(=O)N2CC(C)OC(C)C2)CC(C)O1. The smallest absolute Gasteiger partial charge is 0.339 e. The molecule has 32 heavy (non-hydrogen) atoms. The molecule has 2 aliphatic heterocycles. The minimum absolute atomic E-state index is 0.00458. The van der Waals surface area contributed by atoms with Crippen molar-refractivity contribution in [3.8, 4) is 0 Å². The Morgan fingerprint density at radius 1 is 0.875 bits per heavy atom. The predicted octanol–water partition coefficient (Wildman–Crippen LogP) is 2.21. The van der Waals surface area contributed by atoms with Crippen molar-refractivity contribution in [2.24, 2.45) is 0 Å². The third-order valence-electron chi connectivity index (χ3n) is 5.33. The first-order valence-corrected chi connectivity index (χ1v) is 12.0. The van der Waals surface area contributed by atoms with Crippen LogP contribution in [-0.4, -0.2) is 90.5 Å². The lowest BCUT2D eigenvalue weighted by atomic mass is 10.2. The fraction of sp³-hybridized carbons (Fsp3) is 0.609. The molecule has 176 valence electrons. The molecule has 2 aliphatic rings. The standard InChI is InChI=1S/C23H32N2O6S/c1-15-9-24(10-16(2)30-15)21(26)13-29-23(28)19-7-5-6-8-20(19)32-14-22(27)25-11-17(3)31-18(4)12-25/h5-8,15-18H,9-14H2,1-4H3. The number of benzene rings is 1. The van der Waals surface area contributed by atoms with Crippen LogP contribution in [0, 0.1) is 0 Å². The van der Waals surface area contributed by atoms with Gasteiger partial charge in [0.05, 0.1) is 35.7 Å². The summed E-state index contributed by atoms with van der Waals surface area (Å²) >= 11 is 1.30. The Morgan fingerprint density at radius 3 is 1.94 bits per heavy atom. The molecule has 0 radical (unpaired) electrons. The van der Waals surface area contributed by atoms with Crippen molar-refractivity contribution in [2.45, 2.75) is 57.0 Å². The lowest BCUT2D eigenvalue weighted by molar-refractivity contribution is -0.146. The highest BCUT2D eigenvalue weighted by atomic mass is 32.2. The van der Waals surface area contributed by atoms with E-state index in [9.17, 15) is 14.4 Å². The molecule has 1 aromatic carbocycles. The summed E-state index contributed by atoms with van der Waals surface area (Å²) in [6.45, 7) is 9.50. The summed E-state index contributed by atoms with van der Waals surface area (Å²) < 4.78 is 16.6. The highest BCUT2D eigenvalue weighted by molar-refractivity contribution is 8.00. The van der Waals surface area contributed by atoms with Crippen LogP contribution in [0.5, 0.6) is 0 Å². The summed E-state index contributed by atoms with van der Waals surface area (Å²) in [6, 6.07) is 6.98. The third-order valence-corrected chi connectivity index (χ3v) is 6.39. The fourth-order valence-corrected chi connectivity index (χ4v) is 4.99. The Kier molecular flexibility index (Phi) is 8.56. The average molecular weight is 465 g/mol. The summed E-state index contributed by atoms with van der Waals surface area (Å²) in [4.78, 5) is 41.9. The van der Waals surface area contributed by atoms with Gasteiger partial charge in [0, 0.05) is 31.1 Å². The fourth-order valence-electron chi connectivity index (χ4n) is 4.05. The Labute approximate surface area is 193 Å². The van der Waals surface area contributed by atoms with Gasteiger partial charge in [-0.1, -0.05) is 12.1 Å². The molecule has 0 bridgehead atoms. The first-order chi connectivity index (χ1) is 15.2. The summed E-state index contributed by atoms with van der Waals surface area (Å²) in [5.41, 5.74) is 0.352. The van der Waals surface area contributed by atoms with E-state index in [1.807, 2.05) is 33.8 Å². The number of morpholine rings is 2. The molecule has 0 aromatic heterocycles. The van der Waals surface area contributed by atoms with Crippen LogP contribution < -0.4 is 0 Å². The second-order valence-electron chi connectivity index (χ2n) is 8.47. The van der Waals surface area contributed by atoms with Gasteiger partial charge in [-0.2, -0.15) is 0 Å². The van der Waals surface area contributed by atoms with E-state index in [1.165, 1.54) is 11.8 Å². The first kappa shape index (κ1) is 24.5. The predicted molar refractivity (Wildman–Crippen MR) is 121 cm³/mol. The molecule has 2 saturated heterocycles. The average Bonchev–Trinajstić information content (AvgIpc) is 2.74. The minimum atomic E-state index is -0.572. The molecule has 3 rings (SSSR count). The molecule has 1 aromatic rings. The van der Waals surface area contributed by atoms with Gasteiger partial charge < -0.3 is 24.0 Å². The van der Waals surface area contributed by atoms with Gasteiger partial charge in [-0.3, -0.25) is 9.59 Å². The minimum Gasteiger partial charge on any atom is -0.452 e. The maximum absolute atomic E-state index is 12.7. The van der Waals surface area contributed by atoms with E-state index in [-0.39, 0.29) is 48.6 Å². The van der Waals surface area contributed by atoms with E-state index >= 15 is 0 Å². The second kappa shape index (κ2) is 11.2. The molecular weight excluding hydrogens is 432 g/mol. The van der Waals surface area contributed by atoms with Crippen LogP contribution in [0.2, 0.25) is 0 Å². The van der Waals surface area contributed by atoms with E-state index in [0.29, 0.717) is 36.6 Å². The van der Waals surface area contributed by atoms with Crippen molar-refractivity contribution in [3.05, 3.63) is 29.8 Å². The number of rotatable bonds is 6. The van der Waals surface area contributed by atoms with E-state index < -0.39 is 5.97 Å². The van der Waals surface area contributed by atoms with Crippen LogP contribution in [0.4, 0.5) is 0 Å². The molecule has 2 fully saturated rings. The number of esters is 1. The Morgan fingerprint density at radius 2 is 1.38 bits per heavy atom. The van der Waals surface area contributed by atoms with Crippen molar-refractivity contribution >= 4 is 29.5 Å². The zero-order chi connectivity index (χ0) is 23.3. The van der Waals surface area contributed by atoms with Crippen LogP contribution in [0.1, 0.15) is 38.1 Å². The van der Waals surface area contributed by atoms with Crippen molar-refractivity contribution in [1.29, 1.82) is 0 Å². The second-order valence-corrected chi connectivity index (χ2v) is 9.49. The van der Waals surface area contributed by atoms with Crippen molar-refractivity contribution < 1.29 is 28.6 Å². The van der Waals surface area contributed by atoms with Crippen LogP contribution in [0.15, 0.2) is 29.2 Å². The van der Waals surface area contributed by atoms with Crippen molar-refractivity contribution in [2.75, 3.05) is 38.5 Å². The van der Waals surface area contributed by atoms with Gasteiger partial charge in [-0.05, 0) is 39.8 Å². The summed E-state index contributed by atoms with van der Waals surface area (Å²) in [7, 11) is 0. The first-order valence-electron chi connectivity index (χ1n) is 11.0. The molecular formula is C23H32N2O6S. The highest BCUT2D eigenvalue weighted by Crippen LogP contribution is 2.24. The van der Waals surface area contributed by atoms with Gasteiger partial charge in [0.15, 0.2) is 6.61 Å². The van der Waals surface area contributed by atoms with Gasteiger partial charge in [0.2, 0.25) is 5.91 Å². The molecule has 0 saturated carbocycles. The molecule has 0 spiro atoms. The van der Waals surface area contributed by atoms with Gasteiger partial charge in [-0.25, -0.2) is 4.79 Å². The summed E-state index contributed by atoms with van der Waals surface area (Å²) in [6.07, 6.45) is -0.0918. The molecule has 8 nitrogen and oxygen atoms in total. The molecule has 4 atom stereocenters. The Bertz CT molecular complexity index is 814. The van der Waals surface area contributed by atoms with E-state index in [1.54, 1.807) is 28.0 Å². The summed E-state index contributed by atoms with van der Waals surface area (Å²) in [5.74, 6) is -0.592. The number of nitrogens with zero attached hydrogens (tertiary/aromatic N) is 2. The maximum atomic E-state index is 12.7. The number of amides is 2. The lowest BCUT2D eigenvalue weighted by Crippen LogP contribution is -2.49. The number of ether oxygens (including phenoxy) is 3. The molecule has 0 aliphatic carbocycles. The number of hydrogen-bond donors (Lipinski definition) is 0. The number of thioether (sulfide) groups is 1. The largest absolute Gasteiger partial charge is 0.452 e. The number of hydrogen-bond acceptors (Lipinski definition) is 7. The quantitative estimate of drug-likeness (QED) is 0.471. The van der Waals surface area contributed by atoms with Crippen LogP contribution >= 0.6 is 11.8 Å². The molecule has 4 unspecified atom stereocenters. The Hall–Kier alpha value is -2.10. The zero-order valence-corrected chi connectivity index (χ0v) is 19.9. The third kappa shape index (κ3) is 6.70. The van der Waals surface area contributed by atoms with Crippen molar-refractivity contribution in [3.63, 3.8) is 0 Å². The summed E-state index contributed by atoms with van der Waals surface area (Å²) in [5, 5.41) is 0. The van der Waals surface area contributed by atoms with Gasteiger partial charge in [-0.15, -0.1) is 11.8 Å². The van der Waals surface area contributed by atoms with Crippen LogP contribution in [-0.2, 0) is 23.8 Å². The number of carbonyl (C=O) groups excluding carboxylic acids is 3. The molecule has 9 heteroatoms. The van der Waals surface area contributed by atoms with Gasteiger partial charge in [0.1, 0.15) is 0 Å². The van der Waals surface area contributed by atoms with Gasteiger partial charge >= 0.3 is 5.97 Å². The topological polar surface area (TPSA) is 85.4 Å². The van der Waals surface area contributed by atoms with E-state index in [0.717, 1.165) is 0 Å². The van der Waals surface area contributed by atoms with Gasteiger partial charge in [0.25, 0.3) is 5.91 Å². The highest BCUT2D eigenvalue weighted by Gasteiger charge is 2.28. The van der Waals surface area contributed by atoms with Crippen LogP contribution in [0.3, 0.4) is 0 Å².